The lowest BCUT2D eigenvalue weighted by Gasteiger charge is -2.10. The van der Waals surface area contributed by atoms with Crippen LogP contribution in [0.25, 0.3) is 22.6 Å². The van der Waals surface area contributed by atoms with Gasteiger partial charge >= 0.3 is 0 Å². The van der Waals surface area contributed by atoms with Gasteiger partial charge in [-0.05, 0) is 26.0 Å². The fourth-order valence-corrected chi connectivity index (χ4v) is 2.60. The molecular weight excluding hydrogens is 328 g/mol. The van der Waals surface area contributed by atoms with Gasteiger partial charge in [-0.15, -0.1) is 0 Å². The first-order valence-electron chi connectivity index (χ1n) is 8.83. The molecule has 0 fully saturated rings. The Kier molecular flexibility index (Phi) is 6.41. The van der Waals surface area contributed by atoms with Crippen LogP contribution in [0, 0.1) is 0 Å². The first-order valence-corrected chi connectivity index (χ1v) is 8.83. The van der Waals surface area contributed by atoms with Crippen LogP contribution in [0.3, 0.4) is 0 Å². The molecule has 5 heteroatoms. The van der Waals surface area contributed by atoms with Crippen LogP contribution in [0.15, 0.2) is 60.8 Å². The van der Waals surface area contributed by atoms with E-state index in [-0.39, 0.29) is 6.79 Å². The predicted molar refractivity (Wildman–Crippen MR) is 102 cm³/mol. The maximum Gasteiger partial charge on any atom is 0.189 e. The molecule has 0 aliphatic heterocycles. The van der Waals surface area contributed by atoms with Crippen LogP contribution in [0.2, 0.25) is 0 Å². The van der Waals surface area contributed by atoms with Gasteiger partial charge in [-0.1, -0.05) is 42.5 Å². The molecule has 0 amide bonds. The predicted octanol–water partition coefficient (Wildman–Crippen LogP) is 4.58. The fraction of sp³-hybridized carbons (Fsp3) is 0.286. The van der Waals surface area contributed by atoms with Crippen LogP contribution in [0.1, 0.15) is 13.8 Å². The highest BCUT2D eigenvalue weighted by molar-refractivity contribution is 5.65. The quantitative estimate of drug-likeness (QED) is 0.418. The van der Waals surface area contributed by atoms with Gasteiger partial charge in [-0.25, -0.2) is 4.98 Å². The van der Waals surface area contributed by atoms with Gasteiger partial charge in [0.15, 0.2) is 6.79 Å². The summed E-state index contributed by atoms with van der Waals surface area (Å²) in [5.74, 6) is 1.60. The van der Waals surface area contributed by atoms with Crippen molar-refractivity contribution in [2.45, 2.75) is 20.6 Å². The molecule has 0 unspecified atom stereocenters. The molecule has 0 atom stereocenters. The normalized spacial score (nSPS) is 10.8. The van der Waals surface area contributed by atoms with Crippen LogP contribution in [-0.2, 0) is 16.2 Å². The summed E-state index contributed by atoms with van der Waals surface area (Å²) in [5.41, 5.74) is 2.97. The third kappa shape index (κ3) is 4.50. The van der Waals surface area contributed by atoms with Crippen LogP contribution in [-0.4, -0.2) is 29.6 Å². The third-order valence-electron chi connectivity index (χ3n) is 3.89. The number of imidazole rings is 1. The van der Waals surface area contributed by atoms with Gasteiger partial charge in [-0.3, -0.25) is 0 Å². The topological polar surface area (TPSA) is 45.5 Å². The van der Waals surface area contributed by atoms with E-state index in [4.69, 9.17) is 19.2 Å². The molecule has 5 nitrogen and oxygen atoms in total. The molecule has 0 aliphatic carbocycles. The van der Waals surface area contributed by atoms with Crippen molar-refractivity contribution in [2.24, 2.45) is 0 Å². The Morgan fingerprint density at radius 1 is 0.885 bits per heavy atom. The number of nitrogens with zero attached hydrogens (tertiary/aromatic N) is 2. The molecule has 26 heavy (non-hydrogen) atoms. The molecular formula is C21H24N2O3. The molecule has 0 spiro atoms. The largest absolute Gasteiger partial charge is 0.468 e. The first kappa shape index (κ1) is 18.2. The number of hydrogen-bond donors (Lipinski definition) is 0. The summed E-state index contributed by atoms with van der Waals surface area (Å²) in [5, 5.41) is 0. The molecule has 0 aliphatic rings. The van der Waals surface area contributed by atoms with Crippen LogP contribution in [0.4, 0.5) is 0 Å². The number of hydrogen-bond acceptors (Lipinski definition) is 4. The number of rotatable bonds is 9. The Morgan fingerprint density at radius 3 is 2.42 bits per heavy atom. The zero-order chi connectivity index (χ0) is 18.2. The van der Waals surface area contributed by atoms with E-state index in [1.807, 2.05) is 67.1 Å². The second-order valence-electron chi connectivity index (χ2n) is 5.69. The standard InChI is InChI=1S/C21H24N2O3/c1-3-24-15-23-14-20(17-9-6-5-7-10-17)22-21(23)18-11-8-12-19(13-18)26-16-25-4-2/h5-14H,3-4,15-16H2,1-2H3. The molecule has 0 bridgehead atoms. The highest BCUT2D eigenvalue weighted by atomic mass is 16.7. The van der Waals surface area contributed by atoms with Gasteiger partial charge in [0.05, 0.1) is 5.69 Å². The van der Waals surface area contributed by atoms with Gasteiger partial charge < -0.3 is 18.8 Å². The Bertz CT molecular complexity index is 815. The van der Waals surface area contributed by atoms with E-state index in [2.05, 4.69) is 12.1 Å². The molecule has 0 saturated heterocycles. The summed E-state index contributed by atoms with van der Waals surface area (Å²) in [6.45, 7) is 5.89. The maximum absolute atomic E-state index is 5.63. The van der Waals surface area contributed by atoms with Crippen molar-refractivity contribution in [3.05, 3.63) is 60.8 Å². The molecule has 0 saturated carbocycles. The average molecular weight is 352 g/mol. The molecule has 0 N–H and O–H groups in total. The van der Waals surface area contributed by atoms with Crippen molar-refractivity contribution in [1.29, 1.82) is 0 Å². The lowest BCUT2D eigenvalue weighted by Crippen LogP contribution is -2.04. The van der Waals surface area contributed by atoms with E-state index in [1.165, 1.54) is 0 Å². The van der Waals surface area contributed by atoms with E-state index in [1.54, 1.807) is 0 Å². The van der Waals surface area contributed by atoms with Gasteiger partial charge in [0, 0.05) is 30.5 Å². The zero-order valence-electron chi connectivity index (χ0n) is 15.2. The molecule has 2 aromatic carbocycles. The van der Waals surface area contributed by atoms with Crippen LogP contribution >= 0.6 is 0 Å². The number of ether oxygens (including phenoxy) is 3. The fourth-order valence-electron chi connectivity index (χ4n) is 2.60. The van der Waals surface area contributed by atoms with Crippen molar-refractivity contribution >= 4 is 0 Å². The Balaban J connectivity index is 1.92. The Hall–Kier alpha value is -2.63. The maximum atomic E-state index is 5.63. The first-order chi connectivity index (χ1) is 12.8. The summed E-state index contributed by atoms with van der Waals surface area (Å²) in [6, 6.07) is 18.0. The highest BCUT2D eigenvalue weighted by Gasteiger charge is 2.12. The van der Waals surface area contributed by atoms with Crippen molar-refractivity contribution in [2.75, 3.05) is 20.0 Å². The minimum absolute atomic E-state index is 0.239. The monoisotopic (exact) mass is 352 g/mol. The number of benzene rings is 2. The van der Waals surface area contributed by atoms with Crippen LogP contribution in [0.5, 0.6) is 5.75 Å². The molecule has 3 aromatic rings. The van der Waals surface area contributed by atoms with Gasteiger partial charge in [0.1, 0.15) is 18.3 Å². The molecule has 1 aromatic heterocycles. The summed E-state index contributed by atoms with van der Waals surface area (Å²) in [6.07, 6.45) is 2.02. The SMILES string of the molecule is CCOCOc1cccc(-c2nc(-c3ccccc3)cn2COCC)c1. The summed E-state index contributed by atoms with van der Waals surface area (Å²) in [7, 11) is 0. The van der Waals surface area contributed by atoms with Crippen molar-refractivity contribution < 1.29 is 14.2 Å². The lowest BCUT2D eigenvalue weighted by atomic mass is 10.2. The molecule has 0 radical (unpaired) electrons. The summed E-state index contributed by atoms with van der Waals surface area (Å²) >= 11 is 0. The molecule has 3 rings (SSSR count). The van der Waals surface area contributed by atoms with Crippen molar-refractivity contribution in [3.63, 3.8) is 0 Å². The summed E-state index contributed by atoms with van der Waals surface area (Å²) in [4.78, 5) is 4.84. The molecule has 136 valence electrons. The van der Waals surface area contributed by atoms with E-state index >= 15 is 0 Å². The minimum Gasteiger partial charge on any atom is -0.468 e. The third-order valence-corrected chi connectivity index (χ3v) is 3.89. The summed E-state index contributed by atoms with van der Waals surface area (Å²) < 4.78 is 18.5. The van der Waals surface area contributed by atoms with E-state index < -0.39 is 0 Å². The molecule has 1 heterocycles. The minimum atomic E-state index is 0.239. The van der Waals surface area contributed by atoms with Gasteiger partial charge in [0.2, 0.25) is 0 Å². The van der Waals surface area contributed by atoms with Gasteiger partial charge in [-0.2, -0.15) is 0 Å². The Labute approximate surface area is 154 Å². The van der Waals surface area contributed by atoms with E-state index in [0.717, 1.165) is 28.4 Å². The van der Waals surface area contributed by atoms with Crippen LogP contribution < -0.4 is 4.74 Å². The van der Waals surface area contributed by atoms with Gasteiger partial charge in [0.25, 0.3) is 0 Å². The van der Waals surface area contributed by atoms with E-state index in [0.29, 0.717) is 19.9 Å². The second kappa shape index (κ2) is 9.17. The van der Waals surface area contributed by atoms with Crippen molar-refractivity contribution in [1.82, 2.24) is 9.55 Å². The average Bonchev–Trinajstić information content (AvgIpc) is 3.12. The van der Waals surface area contributed by atoms with Crippen molar-refractivity contribution in [3.8, 4) is 28.4 Å². The smallest absolute Gasteiger partial charge is 0.189 e. The highest BCUT2D eigenvalue weighted by Crippen LogP contribution is 2.27. The number of aromatic nitrogens is 2. The second-order valence-corrected chi connectivity index (χ2v) is 5.69. The lowest BCUT2D eigenvalue weighted by molar-refractivity contribution is 0.0224. The zero-order valence-corrected chi connectivity index (χ0v) is 15.2. The van der Waals surface area contributed by atoms with E-state index in [9.17, 15) is 0 Å². The Morgan fingerprint density at radius 2 is 1.65 bits per heavy atom.